The number of benzene rings is 3. The maximum absolute atomic E-state index is 11.8. The first-order valence-corrected chi connectivity index (χ1v) is 10.3. The van der Waals surface area contributed by atoms with E-state index in [2.05, 4.69) is 91.0 Å². The predicted octanol–water partition coefficient (Wildman–Crippen LogP) is 8.01. The Labute approximate surface area is 179 Å². The Balaban J connectivity index is 0.000000248. The largest absolute Gasteiger partial charge is 0.453 e. The van der Waals surface area contributed by atoms with Crippen LogP contribution in [0.3, 0.4) is 0 Å². The Bertz CT molecular complexity index is 812. The molecule has 0 aliphatic rings. The van der Waals surface area contributed by atoms with Crippen molar-refractivity contribution in [1.29, 1.82) is 0 Å². The van der Waals surface area contributed by atoms with Crippen molar-refractivity contribution in [1.82, 2.24) is 0 Å². The molecule has 31 heavy (non-hydrogen) atoms. The van der Waals surface area contributed by atoms with Gasteiger partial charge in [0.05, 0.1) is 17.3 Å². The van der Waals surface area contributed by atoms with Crippen molar-refractivity contribution in [3.05, 3.63) is 91.0 Å². The summed E-state index contributed by atoms with van der Waals surface area (Å²) in [5, 5.41) is 0. The molecular formula is C23H20F7S+. The van der Waals surface area contributed by atoms with Crippen LogP contribution in [0.5, 0.6) is 0 Å². The third-order valence-corrected chi connectivity index (χ3v) is 6.11. The summed E-state index contributed by atoms with van der Waals surface area (Å²) in [7, 11) is -0.0146. The van der Waals surface area contributed by atoms with Crippen molar-refractivity contribution in [2.75, 3.05) is 0 Å². The summed E-state index contributed by atoms with van der Waals surface area (Å²) < 4.78 is 81.0. The van der Waals surface area contributed by atoms with Crippen LogP contribution in [0.1, 0.15) is 13.3 Å². The second-order valence-corrected chi connectivity index (χ2v) is 8.72. The minimum atomic E-state index is -5.91. The second-order valence-electron chi connectivity index (χ2n) is 6.69. The van der Waals surface area contributed by atoms with Crippen molar-refractivity contribution in [2.45, 2.75) is 46.1 Å². The molecule has 166 valence electrons. The van der Waals surface area contributed by atoms with Gasteiger partial charge < -0.3 is 0 Å². The maximum atomic E-state index is 11.8. The van der Waals surface area contributed by atoms with Gasteiger partial charge in [-0.2, -0.15) is 22.0 Å². The van der Waals surface area contributed by atoms with E-state index in [0.717, 1.165) is 0 Å². The minimum absolute atomic E-state index is 0.00660. The van der Waals surface area contributed by atoms with Gasteiger partial charge in [0.25, 0.3) is 5.92 Å². The van der Waals surface area contributed by atoms with E-state index in [1.165, 1.54) is 14.7 Å². The molecule has 0 atom stereocenters. The van der Waals surface area contributed by atoms with E-state index in [4.69, 9.17) is 0 Å². The molecule has 0 amide bonds. The number of rotatable bonds is 5. The lowest BCUT2D eigenvalue weighted by atomic mass is 10.1. The van der Waals surface area contributed by atoms with Gasteiger partial charge in [0.15, 0.2) is 14.7 Å². The van der Waals surface area contributed by atoms with Gasteiger partial charge in [-0.15, -0.1) is 0 Å². The van der Waals surface area contributed by atoms with Gasteiger partial charge in [-0.25, -0.2) is 8.78 Å². The van der Waals surface area contributed by atoms with Crippen molar-refractivity contribution < 1.29 is 30.7 Å². The van der Waals surface area contributed by atoms with Gasteiger partial charge in [0, 0.05) is 0 Å². The number of halogens is 7. The molecule has 3 rings (SSSR count). The molecule has 0 N–H and O–H groups in total. The molecule has 0 saturated heterocycles. The highest BCUT2D eigenvalue weighted by molar-refractivity contribution is 7.97. The molecule has 0 fully saturated rings. The van der Waals surface area contributed by atoms with E-state index in [9.17, 15) is 30.7 Å². The minimum Gasteiger partial charge on any atom is -0.207 e. The summed E-state index contributed by atoms with van der Waals surface area (Å²) in [4.78, 5) is 4.08. The Morgan fingerprint density at radius 2 is 0.839 bits per heavy atom. The topological polar surface area (TPSA) is 0 Å². The van der Waals surface area contributed by atoms with Crippen molar-refractivity contribution >= 4 is 10.9 Å². The van der Waals surface area contributed by atoms with Gasteiger partial charge in [-0.1, -0.05) is 54.6 Å². The molecule has 0 aliphatic heterocycles. The van der Waals surface area contributed by atoms with Crippen LogP contribution in [0, 0.1) is 0 Å². The van der Waals surface area contributed by atoms with Crippen molar-refractivity contribution in [3.8, 4) is 0 Å². The van der Waals surface area contributed by atoms with Crippen LogP contribution >= 0.6 is 0 Å². The molecule has 0 bridgehead atoms. The van der Waals surface area contributed by atoms with E-state index >= 15 is 0 Å². The average molecular weight is 461 g/mol. The summed E-state index contributed by atoms with van der Waals surface area (Å²) in [5.41, 5.74) is 0. The second kappa shape index (κ2) is 10.2. The summed E-state index contributed by atoms with van der Waals surface area (Å²) in [6.45, 7) is 0.00660. The summed E-state index contributed by atoms with van der Waals surface area (Å²) in [6, 6.07) is 32.2. The molecule has 0 heterocycles. The third kappa shape index (κ3) is 7.61. The zero-order chi connectivity index (χ0) is 23.1. The summed E-state index contributed by atoms with van der Waals surface area (Å²) in [6.07, 6.45) is -8.42. The summed E-state index contributed by atoms with van der Waals surface area (Å²) in [5.74, 6) is -9.36. The van der Waals surface area contributed by atoms with Crippen LogP contribution in [0.4, 0.5) is 30.7 Å². The zero-order valence-electron chi connectivity index (χ0n) is 16.4. The Hall–Kier alpha value is -2.48. The highest BCUT2D eigenvalue weighted by Gasteiger charge is 2.60. The average Bonchev–Trinajstić information content (AvgIpc) is 2.69. The van der Waals surface area contributed by atoms with Crippen LogP contribution in [-0.4, -0.2) is 18.0 Å². The Morgan fingerprint density at radius 3 is 1.03 bits per heavy atom. The van der Waals surface area contributed by atoms with Crippen LogP contribution in [0.25, 0.3) is 0 Å². The maximum Gasteiger partial charge on any atom is 0.453 e. The molecule has 3 aromatic rings. The molecule has 0 spiro atoms. The predicted molar refractivity (Wildman–Crippen MR) is 108 cm³/mol. The number of hydrogen-bond acceptors (Lipinski definition) is 0. The van der Waals surface area contributed by atoms with Gasteiger partial charge in [-0.3, -0.25) is 0 Å². The normalized spacial score (nSPS) is 12.3. The van der Waals surface area contributed by atoms with Crippen LogP contribution in [-0.2, 0) is 10.9 Å². The standard InChI is InChI=1S/C18H15S.C5H5F7/c1-4-10-16(11-5-1)19(17-12-6-2-7-13-17)18-14-8-3-9-15-18;1-3(6,7)2-4(8,9)5(10,11)12/h1-15H;2H2,1H3/q+1;. The molecule has 3 aromatic carbocycles. The highest BCUT2D eigenvalue weighted by Crippen LogP contribution is 2.42. The molecular weight excluding hydrogens is 441 g/mol. The number of alkyl halides is 7. The van der Waals surface area contributed by atoms with Gasteiger partial charge in [0.1, 0.15) is 0 Å². The lowest BCUT2D eigenvalue weighted by Crippen LogP contribution is -2.40. The van der Waals surface area contributed by atoms with E-state index in [-0.39, 0.29) is 17.8 Å². The summed E-state index contributed by atoms with van der Waals surface area (Å²) >= 11 is 0. The van der Waals surface area contributed by atoms with Gasteiger partial charge >= 0.3 is 12.1 Å². The van der Waals surface area contributed by atoms with E-state index in [1.807, 2.05) is 0 Å². The van der Waals surface area contributed by atoms with Crippen molar-refractivity contribution in [3.63, 3.8) is 0 Å². The first kappa shape index (κ1) is 24.8. The molecule has 0 nitrogen and oxygen atoms in total. The first-order valence-electron chi connectivity index (χ1n) is 9.12. The van der Waals surface area contributed by atoms with Crippen molar-refractivity contribution in [2.24, 2.45) is 0 Å². The molecule has 8 heteroatoms. The number of hydrogen-bond donors (Lipinski definition) is 0. The fraction of sp³-hybridized carbons (Fsp3) is 0.217. The molecule has 0 aliphatic carbocycles. The monoisotopic (exact) mass is 461 g/mol. The molecule has 0 radical (unpaired) electrons. The van der Waals surface area contributed by atoms with Crippen LogP contribution in [0.2, 0.25) is 0 Å². The Morgan fingerprint density at radius 1 is 0.548 bits per heavy atom. The lowest BCUT2D eigenvalue weighted by molar-refractivity contribution is -0.299. The SMILES string of the molecule is CC(F)(F)CC(F)(F)C(F)(F)F.c1ccc([S+](c2ccccc2)c2ccccc2)cc1. The lowest BCUT2D eigenvalue weighted by Gasteiger charge is -2.22. The molecule has 0 aromatic heterocycles. The van der Waals surface area contributed by atoms with Crippen LogP contribution < -0.4 is 0 Å². The fourth-order valence-corrected chi connectivity index (χ4v) is 4.67. The van der Waals surface area contributed by atoms with E-state index < -0.39 is 24.4 Å². The zero-order valence-corrected chi connectivity index (χ0v) is 17.2. The van der Waals surface area contributed by atoms with Crippen LogP contribution in [0.15, 0.2) is 106 Å². The van der Waals surface area contributed by atoms with Gasteiger partial charge in [0.2, 0.25) is 0 Å². The molecule has 0 unspecified atom stereocenters. The first-order chi connectivity index (χ1) is 14.4. The highest BCUT2D eigenvalue weighted by atomic mass is 32.2. The fourth-order valence-electron chi connectivity index (χ4n) is 2.57. The molecule has 0 saturated carbocycles. The van der Waals surface area contributed by atoms with E-state index in [0.29, 0.717) is 0 Å². The smallest absolute Gasteiger partial charge is 0.207 e. The van der Waals surface area contributed by atoms with Gasteiger partial charge in [-0.05, 0) is 43.3 Å². The quantitative estimate of drug-likeness (QED) is 0.267. The third-order valence-electron chi connectivity index (χ3n) is 3.88. The van der Waals surface area contributed by atoms with E-state index in [1.54, 1.807) is 0 Å². The Kier molecular flexibility index (Phi) is 8.17.